The van der Waals surface area contributed by atoms with E-state index in [9.17, 15) is 23.3 Å². The molecule has 0 aliphatic carbocycles. The van der Waals surface area contributed by atoms with Gasteiger partial charge >= 0.3 is 0 Å². The molecular weight excluding hydrogens is 284 g/mol. The number of hydrogen-bond acceptors (Lipinski definition) is 5. The van der Waals surface area contributed by atoms with Gasteiger partial charge in [-0.15, -0.1) is 0 Å². The van der Waals surface area contributed by atoms with Gasteiger partial charge in [0.25, 0.3) is 5.69 Å². The van der Waals surface area contributed by atoms with Crippen molar-refractivity contribution < 1.29 is 18.1 Å². The molecule has 0 bridgehead atoms. The molecule has 1 aromatic carbocycles. The SMILES string of the molecule is O=C(C[C@H]1CCS(=O)(=O)C1)Nc1cccc([N+](=O)[O-])c1. The Morgan fingerprint density at radius 2 is 2.20 bits per heavy atom. The van der Waals surface area contributed by atoms with E-state index in [1.165, 1.54) is 18.2 Å². The molecule has 2 rings (SSSR count). The zero-order valence-corrected chi connectivity index (χ0v) is 11.4. The van der Waals surface area contributed by atoms with Gasteiger partial charge < -0.3 is 5.32 Å². The highest BCUT2D eigenvalue weighted by atomic mass is 32.2. The highest BCUT2D eigenvalue weighted by Gasteiger charge is 2.29. The molecule has 0 spiro atoms. The number of nitro benzene ring substituents is 1. The largest absolute Gasteiger partial charge is 0.326 e. The van der Waals surface area contributed by atoms with Crippen molar-refractivity contribution in [1.82, 2.24) is 0 Å². The lowest BCUT2D eigenvalue weighted by Crippen LogP contribution is -2.17. The summed E-state index contributed by atoms with van der Waals surface area (Å²) in [5.74, 6) is -0.330. The van der Waals surface area contributed by atoms with Crippen LogP contribution < -0.4 is 5.32 Å². The Hall–Kier alpha value is -1.96. The fourth-order valence-electron chi connectivity index (χ4n) is 2.20. The molecule has 1 aromatic rings. The smallest absolute Gasteiger partial charge is 0.271 e. The molecular formula is C12H14N2O5S. The second-order valence-electron chi connectivity index (χ2n) is 4.83. The number of carbonyl (C=O) groups excluding carboxylic acids is 1. The summed E-state index contributed by atoms with van der Waals surface area (Å²) in [6, 6.07) is 5.63. The van der Waals surface area contributed by atoms with Crippen LogP contribution >= 0.6 is 0 Å². The molecule has 1 saturated heterocycles. The van der Waals surface area contributed by atoms with Crippen molar-refractivity contribution in [3.8, 4) is 0 Å². The number of rotatable bonds is 4. The number of non-ortho nitro benzene ring substituents is 1. The van der Waals surface area contributed by atoms with E-state index in [1.807, 2.05) is 0 Å². The molecule has 20 heavy (non-hydrogen) atoms. The normalized spacial score (nSPS) is 20.5. The standard InChI is InChI=1S/C12H14N2O5S/c15-12(6-9-4-5-20(18,19)8-9)13-10-2-1-3-11(7-10)14(16)17/h1-3,7,9H,4-6,8H2,(H,13,15)/t9-/m1/s1. The first-order valence-corrected chi connectivity index (χ1v) is 7.92. The molecule has 0 unspecified atom stereocenters. The van der Waals surface area contributed by atoms with Gasteiger partial charge in [-0.2, -0.15) is 0 Å². The molecule has 0 radical (unpaired) electrons. The third-order valence-electron chi connectivity index (χ3n) is 3.14. The fourth-order valence-corrected chi connectivity index (χ4v) is 4.07. The van der Waals surface area contributed by atoms with Gasteiger partial charge in [-0.25, -0.2) is 8.42 Å². The van der Waals surface area contributed by atoms with Crippen LogP contribution in [0.1, 0.15) is 12.8 Å². The molecule has 1 amide bonds. The highest BCUT2D eigenvalue weighted by molar-refractivity contribution is 7.91. The van der Waals surface area contributed by atoms with Crippen molar-refractivity contribution in [3.05, 3.63) is 34.4 Å². The van der Waals surface area contributed by atoms with Crippen LogP contribution in [0.15, 0.2) is 24.3 Å². The maximum absolute atomic E-state index is 11.8. The van der Waals surface area contributed by atoms with Crippen LogP contribution in [-0.4, -0.2) is 30.8 Å². The quantitative estimate of drug-likeness (QED) is 0.667. The zero-order chi connectivity index (χ0) is 14.8. The summed E-state index contributed by atoms with van der Waals surface area (Å²) in [7, 11) is -3.00. The summed E-state index contributed by atoms with van der Waals surface area (Å²) < 4.78 is 22.6. The maximum atomic E-state index is 11.8. The molecule has 1 aliphatic rings. The number of benzene rings is 1. The summed E-state index contributed by atoms with van der Waals surface area (Å²) in [6.45, 7) is 0. The molecule has 1 fully saturated rings. The van der Waals surface area contributed by atoms with E-state index in [4.69, 9.17) is 0 Å². The van der Waals surface area contributed by atoms with Crippen LogP contribution in [0.25, 0.3) is 0 Å². The Morgan fingerprint density at radius 1 is 1.45 bits per heavy atom. The van der Waals surface area contributed by atoms with Crippen molar-refractivity contribution in [2.75, 3.05) is 16.8 Å². The van der Waals surface area contributed by atoms with Crippen molar-refractivity contribution >= 4 is 27.1 Å². The van der Waals surface area contributed by atoms with Crippen LogP contribution in [0.5, 0.6) is 0 Å². The molecule has 108 valence electrons. The predicted octanol–water partition coefficient (Wildman–Crippen LogP) is 1.36. The summed E-state index contributed by atoms with van der Waals surface area (Å²) in [5, 5.41) is 13.2. The third kappa shape index (κ3) is 3.77. The second-order valence-corrected chi connectivity index (χ2v) is 7.06. The minimum atomic E-state index is -3.00. The summed E-state index contributed by atoms with van der Waals surface area (Å²) in [6.07, 6.45) is 0.604. The number of amides is 1. The van der Waals surface area contributed by atoms with E-state index in [2.05, 4.69) is 5.32 Å². The van der Waals surface area contributed by atoms with Crippen molar-refractivity contribution in [2.24, 2.45) is 5.92 Å². The average molecular weight is 298 g/mol. The van der Waals surface area contributed by atoms with Crippen LogP contribution in [-0.2, 0) is 14.6 Å². The zero-order valence-electron chi connectivity index (χ0n) is 10.6. The van der Waals surface area contributed by atoms with Gasteiger partial charge in [0, 0.05) is 24.2 Å². The van der Waals surface area contributed by atoms with E-state index in [-0.39, 0.29) is 35.4 Å². The van der Waals surface area contributed by atoms with Gasteiger partial charge in [0.2, 0.25) is 5.91 Å². The lowest BCUT2D eigenvalue weighted by Gasteiger charge is -2.08. The number of nitro groups is 1. The van der Waals surface area contributed by atoms with Crippen molar-refractivity contribution in [2.45, 2.75) is 12.8 Å². The Kier molecular flexibility index (Phi) is 4.03. The van der Waals surface area contributed by atoms with Gasteiger partial charge in [-0.05, 0) is 18.4 Å². The second kappa shape index (κ2) is 5.58. The summed E-state index contributed by atoms with van der Waals surface area (Å²) >= 11 is 0. The monoisotopic (exact) mass is 298 g/mol. The van der Waals surface area contributed by atoms with Crippen LogP contribution in [0.3, 0.4) is 0 Å². The first-order valence-electron chi connectivity index (χ1n) is 6.10. The third-order valence-corrected chi connectivity index (χ3v) is 4.98. The first kappa shape index (κ1) is 14.4. The minimum absolute atomic E-state index is 0.0371. The Balaban J connectivity index is 1.95. The summed E-state index contributed by atoms with van der Waals surface area (Å²) in [4.78, 5) is 21.9. The van der Waals surface area contributed by atoms with E-state index < -0.39 is 14.8 Å². The number of carbonyl (C=O) groups is 1. The van der Waals surface area contributed by atoms with Gasteiger partial charge in [0.15, 0.2) is 9.84 Å². The lowest BCUT2D eigenvalue weighted by atomic mass is 10.1. The molecule has 0 aromatic heterocycles. The summed E-state index contributed by atoms with van der Waals surface area (Å²) in [5.41, 5.74) is 0.233. The Morgan fingerprint density at radius 3 is 2.80 bits per heavy atom. The molecule has 1 N–H and O–H groups in total. The van der Waals surface area contributed by atoms with Crippen LogP contribution in [0.2, 0.25) is 0 Å². The van der Waals surface area contributed by atoms with E-state index in [0.29, 0.717) is 12.1 Å². The van der Waals surface area contributed by atoms with E-state index in [1.54, 1.807) is 6.07 Å². The van der Waals surface area contributed by atoms with Crippen molar-refractivity contribution in [3.63, 3.8) is 0 Å². The first-order chi connectivity index (χ1) is 9.35. The number of anilines is 1. The maximum Gasteiger partial charge on any atom is 0.271 e. The number of nitrogens with one attached hydrogen (secondary N) is 1. The molecule has 1 atom stereocenters. The lowest BCUT2D eigenvalue weighted by molar-refractivity contribution is -0.384. The molecule has 1 heterocycles. The predicted molar refractivity (Wildman–Crippen MR) is 73.1 cm³/mol. The topological polar surface area (TPSA) is 106 Å². The van der Waals surface area contributed by atoms with Gasteiger partial charge in [-0.3, -0.25) is 14.9 Å². The van der Waals surface area contributed by atoms with Gasteiger partial charge in [-0.1, -0.05) is 6.07 Å². The highest BCUT2D eigenvalue weighted by Crippen LogP contribution is 2.23. The van der Waals surface area contributed by atoms with Gasteiger partial charge in [0.05, 0.1) is 16.4 Å². The van der Waals surface area contributed by atoms with Crippen LogP contribution in [0.4, 0.5) is 11.4 Å². The van der Waals surface area contributed by atoms with Crippen molar-refractivity contribution in [1.29, 1.82) is 0 Å². The molecule has 8 heteroatoms. The minimum Gasteiger partial charge on any atom is -0.326 e. The number of nitrogens with zero attached hydrogens (tertiary/aromatic N) is 1. The van der Waals surface area contributed by atoms with Crippen LogP contribution in [0, 0.1) is 16.0 Å². The Labute approximate surface area is 116 Å². The number of hydrogen-bond donors (Lipinski definition) is 1. The fraction of sp³-hybridized carbons (Fsp3) is 0.417. The van der Waals surface area contributed by atoms with E-state index in [0.717, 1.165) is 0 Å². The Bertz CT molecular complexity index is 641. The molecule has 0 saturated carbocycles. The van der Waals surface area contributed by atoms with Gasteiger partial charge in [0.1, 0.15) is 0 Å². The molecule has 1 aliphatic heterocycles. The molecule has 7 nitrogen and oxygen atoms in total. The van der Waals surface area contributed by atoms with E-state index >= 15 is 0 Å². The average Bonchev–Trinajstić information content (AvgIpc) is 2.68. The number of sulfone groups is 1.